The summed E-state index contributed by atoms with van der Waals surface area (Å²) in [5, 5.41) is 2.75. The van der Waals surface area contributed by atoms with E-state index in [1.54, 1.807) is 30.5 Å². The van der Waals surface area contributed by atoms with Gasteiger partial charge in [-0.1, -0.05) is 26.8 Å². The van der Waals surface area contributed by atoms with Gasteiger partial charge in [-0.2, -0.15) is 4.39 Å². The molecule has 0 spiro atoms. The largest absolute Gasteiger partial charge is 0.397 e. The second-order valence-corrected chi connectivity index (χ2v) is 7.16. The SMILES string of the molecule is CC(C)(C)c1cnc(C(=O)Nc2cc(-c3ccc(F)nc3)ccc2N)cn1. The van der Waals surface area contributed by atoms with Crippen molar-refractivity contribution in [3.63, 3.8) is 0 Å². The first-order valence-corrected chi connectivity index (χ1v) is 8.39. The van der Waals surface area contributed by atoms with Crippen LogP contribution in [0.2, 0.25) is 0 Å². The summed E-state index contributed by atoms with van der Waals surface area (Å²) in [6, 6.07) is 8.03. The Bertz CT molecular complexity index is 963. The van der Waals surface area contributed by atoms with E-state index in [4.69, 9.17) is 5.73 Å². The minimum atomic E-state index is -0.556. The number of carbonyl (C=O) groups is 1. The molecule has 0 saturated carbocycles. The van der Waals surface area contributed by atoms with E-state index >= 15 is 0 Å². The molecule has 0 unspecified atom stereocenters. The molecule has 2 aromatic heterocycles. The second kappa shape index (κ2) is 7.11. The van der Waals surface area contributed by atoms with Crippen LogP contribution in [0.4, 0.5) is 15.8 Å². The summed E-state index contributed by atoms with van der Waals surface area (Å²) < 4.78 is 13.0. The summed E-state index contributed by atoms with van der Waals surface area (Å²) in [4.78, 5) is 24.6. The quantitative estimate of drug-likeness (QED) is 0.544. The van der Waals surface area contributed by atoms with Gasteiger partial charge in [0, 0.05) is 23.4 Å². The summed E-state index contributed by atoms with van der Waals surface area (Å²) >= 11 is 0. The lowest BCUT2D eigenvalue weighted by Crippen LogP contribution is -2.18. The molecule has 0 aliphatic rings. The smallest absolute Gasteiger partial charge is 0.275 e. The highest BCUT2D eigenvalue weighted by molar-refractivity contribution is 6.04. The molecule has 0 radical (unpaired) electrons. The number of halogens is 1. The zero-order valence-corrected chi connectivity index (χ0v) is 15.3. The van der Waals surface area contributed by atoms with E-state index in [0.717, 1.165) is 11.3 Å². The Labute approximate surface area is 156 Å². The van der Waals surface area contributed by atoms with E-state index < -0.39 is 11.9 Å². The fourth-order valence-corrected chi connectivity index (χ4v) is 2.41. The van der Waals surface area contributed by atoms with Gasteiger partial charge in [0.25, 0.3) is 5.91 Å². The van der Waals surface area contributed by atoms with Crippen LogP contribution in [0.3, 0.4) is 0 Å². The van der Waals surface area contributed by atoms with Crippen LogP contribution in [-0.2, 0) is 5.41 Å². The second-order valence-electron chi connectivity index (χ2n) is 7.16. The first kappa shape index (κ1) is 18.4. The highest BCUT2D eigenvalue weighted by Gasteiger charge is 2.17. The van der Waals surface area contributed by atoms with Gasteiger partial charge in [0.15, 0.2) is 0 Å². The lowest BCUT2D eigenvalue weighted by atomic mass is 9.93. The van der Waals surface area contributed by atoms with Crippen LogP contribution < -0.4 is 11.1 Å². The number of rotatable bonds is 3. The number of benzene rings is 1. The maximum Gasteiger partial charge on any atom is 0.275 e. The van der Waals surface area contributed by atoms with Crippen molar-refractivity contribution in [1.29, 1.82) is 0 Å². The zero-order valence-electron chi connectivity index (χ0n) is 15.3. The van der Waals surface area contributed by atoms with Gasteiger partial charge < -0.3 is 11.1 Å². The number of hydrogen-bond donors (Lipinski definition) is 2. The maximum absolute atomic E-state index is 13.0. The number of aromatic nitrogens is 3. The Balaban J connectivity index is 1.83. The third-order valence-corrected chi connectivity index (χ3v) is 4.02. The molecule has 27 heavy (non-hydrogen) atoms. The normalized spacial score (nSPS) is 11.3. The lowest BCUT2D eigenvalue weighted by Gasteiger charge is -2.17. The Morgan fingerprint density at radius 2 is 1.74 bits per heavy atom. The molecule has 0 bridgehead atoms. The number of pyridine rings is 1. The van der Waals surface area contributed by atoms with Crippen LogP contribution in [0.25, 0.3) is 11.1 Å². The van der Waals surface area contributed by atoms with Gasteiger partial charge in [0.05, 0.1) is 23.3 Å². The van der Waals surface area contributed by atoms with Crippen molar-refractivity contribution in [3.05, 3.63) is 66.3 Å². The summed E-state index contributed by atoms with van der Waals surface area (Å²) in [6.07, 6.45) is 4.46. The predicted molar refractivity (Wildman–Crippen MR) is 103 cm³/mol. The summed E-state index contributed by atoms with van der Waals surface area (Å²) in [6.45, 7) is 6.06. The molecular weight excluding hydrogens is 345 g/mol. The molecule has 6 nitrogen and oxygen atoms in total. The number of nitrogens with zero attached hydrogens (tertiary/aromatic N) is 3. The molecule has 138 valence electrons. The highest BCUT2D eigenvalue weighted by atomic mass is 19.1. The third-order valence-electron chi connectivity index (χ3n) is 4.02. The Morgan fingerprint density at radius 3 is 2.33 bits per heavy atom. The van der Waals surface area contributed by atoms with Gasteiger partial charge in [-0.25, -0.2) is 9.97 Å². The molecule has 0 fully saturated rings. The summed E-state index contributed by atoms with van der Waals surface area (Å²) in [5.74, 6) is -0.968. The van der Waals surface area contributed by atoms with Crippen molar-refractivity contribution in [1.82, 2.24) is 15.0 Å². The van der Waals surface area contributed by atoms with Gasteiger partial charge in [-0.05, 0) is 29.8 Å². The van der Waals surface area contributed by atoms with Gasteiger partial charge in [-0.3, -0.25) is 9.78 Å². The molecule has 0 aliphatic heterocycles. The average Bonchev–Trinajstić information content (AvgIpc) is 2.63. The van der Waals surface area contributed by atoms with Crippen molar-refractivity contribution in [2.24, 2.45) is 0 Å². The molecule has 0 aliphatic carbocycles. The maximum atomic E-state index is 13.0. The fraction of sp³-hybridized carbons (Fsp3) is 0.200. The van der Waals surface area contributed by atoms with Crippen LogP contribution in [0.15, 0.2) is 48.9 Å². The Kier molecular flexibility index (Phi) is 4.85. The summed E-state index contributed by atoms with van der Waals surface area (Å²) in [5.41, 5.74) is 9.11. The Hall–Kier alpha value is -3.35. The van der Waals surface area contributed by atoms with Crippen molar-refractivity contribution >= 4 is 17.3 Å². The van der Waals surface area contributed by atoms with E-state index in [2.05, 4.69) is 20.3 Å². The van der Waals surface area contributed by atoms with Crippen LogP contribution >= 0.6 is 0 Å². The molecule has 3 aromatic rings. The number of amides is 1. The molecule has 0 saturated heterocycles. The van der Waals surface area contributed by atoms with Gasteiger partial charge in [0.1, 0.15) is 5.69 Å². The average molecular weight is 365 g/mol. The van der Waals surface area contributed by atoms with E-state index in [9.17, 15) is 9.18 Å². The zero-order chi connectivity index (χ0) is 19.6. The molecule has 7 heteroatoms. The van der Waals surface area contributed by atoms with E-state index in [1.807, 2.05) is 20.8 Å². The minimum Gasteiger partial charge on any atom is -0.397 e. The molecule has 3 rings (SSSR count). The van der Waals surface area contributed by atoms with Gasteiger partial charge >= 0.3 is 0 Å². The summed E-state index contributed by atoms with van der Waals surface area (Å²) in [7, 11) is 0. The fourth-order valence-electron chi connectivity index (χ4n) is 2.41. The van der Waals surface area contributed by atoms with Crippen LogP contribution in [-0.4, -0.2) is 20.9 Å². The number of nitrogens with one attached hydrogen (secondary N) is 1. The molecule has 2 heterocycles. The first-order valence-electron chi connectivity index (χ1n) is 8.39. The van der Waals surface area contributed by atoms with Gasteiger partial charge in [0.2, 0.25) is 5.95 Å². The van der Waals surface area contributed by atoms with Crippen LogP contribution in [0.1, 0.15) is 37.0 Å². The van der Waals surface area contributed by atoms with Gasteiger partial charge in [-0.15, -0.1) is 0 Å². The van der Waals surface area contributed by atoms with Crippen LogP contribution in [0, 0.1) is 5.95 Å². The topological polar surface area (TPSA) is 93.8 Å². The first-order chi connectivity index (χ1) is 12.7. The standard InChI is InChI=1S/C20H20FN5O/c1-20(2,3)17-11-23-16(10-24-17)19(27)26-15-8-12(4-6-14(15)22)13-5-7-18(21)25-9-13/h4-11H,22H2,1-3H3,(H,26,27). The molecule has 1 aromatic carbocycles. The van der Waals surface area contributed by atoms with Crippen molar-refractivity contribution in [3.8, 4) is 11.1 Å². The van der Waals surface area contributed by atoms with E-state index in [0.29, 0.717) is 16.9 Å². The number of nitrogen functional groups attached to an aromatic ring is 1. The highest BCUT2D eigenvalue weighted by Crippen LogP contribution is 2.27. The van der Waals surface area contributed by atoms with E-state index in [1.165, 1.54) is 18.5 Å². The van der Waals surface area contributed by atoms with E-state index in [-0.39, 0.29) is 11.1 Å². The Morgan fingerprint density at radius 1 is 1.00 bits per heavy atom. The molecule has 1 amide bonds. The number of carbonyl (C=O) groups excluding carboxylic acids is 1. The monoisotopic (exact) mass is 365 g/mol. The van der Waals surface area contributed by atoms with Crippen molar-refractivity contribution in [2.45, 2.75) is 26.2 Å². The number of hydrogen-bond acceptors (Lipinski definition) is 5. The molecular formula is C20H20FN5O. The van der Waals surface area contributed by atoms with Crippen molar-refractivity contribution < 1.29 is 9.18 Å². The number of anilines is 2. The lowest BCUT2D eigenvalue weighted by molar-refractivity contribution is 0.102. The van der Waals surface area contributed by atoms with Crippen LogP contribution in [0.5, 0.6) is 0 Å². The molecule has 0 atom stereocenters. The van der Waals surface area contributed by atoms with Crippen molar-refractivity contribution in [2.75, 3.05) is 11.1 Å². The minimum absolute atomic E-state index is 0.149. The number of nitrogens with two attached hydrogens (primary N) is 1. The third kappa shape index (κ3) is 4.25. The predicted octanol–water partition coefficient (Wildman–Crippen LogP) is 3.81. The molecule has 3 N–H and O–H groups in total.